The van der Waals surface area contributed by atoms with Crippen LogP contribution in [0.2, 0.25) is 0 Å². The molecule has 0 aromatic heterocycles. The Morgan fingerprint density at radius 2 is 1.90 bits per heavy atom. The number of benzene rings is 1. The lowest BCUT2D eigenvalue weighted by Crippen LogP contribution is -1.78. The molecule has 0 heterocycles. The zero-order valence-corrected chi connectivity index (χ0v) is 6.20. The summed E-state index contributed by atoms with van der Waals surface area (Å²) in [5, 5.41) is 0. The van der Waals surface area contributed by atoms with Crippen molar-refractivity contribution in [2.45, 2.75) is 5.75 Å². The van der Waals surface area contributed by atoms with Gasteiger partial charge in [-0.25, -0.2) is 4.39 Å². The second-order valence-electron chi connectivity index (χ2n) is 1.94. The quantitative estimate of drug-likeness (QED) is 0.631. The summed E-state index contributed by atoms with van der Waals surface area (Å²) in [5.41, 5.74) is 1.05. The fourth-order valence-electron chi connectivity index (χ4n) is 0.677. The van der Waals surface area contributed by atoms with Crippen LogP contribution in [0.1, 0.15) is 5.56 Å². The van der Waals surface area contributed by atoms with Crippen LogP contribution in [-0.4, -0.2) is 0 Å². The van der Waals surface area contributed by atoms with Crippen molar-refractivity contribution >= 4 is 11.8 Å². The van der Waals surface area contributed by atoms with Crippen molar-refractivity contribution in [1.82, 2.24) is 0 Å². The third kappa shape index (κ3) is 2.03. The Morgan fingerprint density at radius 3 is 2.40 bits per heavy atom. The van der Waals surface area contributed by atoms with E-state index in [1.165, 1.54) is 23.9 Å². The second-order valence-corrected chi connectivity index (χ2v) is 2.56. The molecule has 0 aliphatic rings. The standard InChI is InChI=1S/C8H7FS/c1-10-6-7-2-4-8(9)5-3-7/h1-5H,6H2. The third-order valence-electron chi connectivity index (χ3n) is 1.16. The van der Waals surface area contributed by atoms with Crippen molar-refractivity contribution in [1.29, 1.82) is 0 Å². The number of hydrogen-bond donors (Lipinski definition) is 0. The van der Waals surface area contributed by atoms with E-state index in [-0.39, 0.29) is 5.82 Å². The van der Waals surface area contributed by atoms with E-state index in [1.807, 2.05) is 0 Å². The van der Waals surface area contributed by atoms with Gasteiger partial charge in [0.05, 0.1) is 0 Å². The molecular formula is C8H7FS. The first-order chi connectivity index (χ1) is 4.83. The highest BCUT2D eigenvalue weighted by atomic mass is 32.2. The van der Waals surface area contributed by atoms with Crippen molar-refractivity contribution in [3.63, 3.8) is 0 Å². The van der Waals surface area contributed by atoms with Gasteiger partial charge in [-0.3, -0.25) is 0 Å². The minimum atomic E-state index is -0.203. The Balaban J connectivity index is 2.69. The van der Waals surface area contributed by atoms with E-state index in [2.05, 4.69) is 0 Å². The monoisotopic (exact) mass is 154 g/mol. The van der Waals surface area contributed by atoms with E-state index in [0.717, 1.165) is 11.3 Å². The van der Waals surface area contributed by atoms with E-state index in [4.69, 9.17) is 6.26 Å². The van der Waals surface area contributed by atoms with E-state index in [0.29, 0.717) is 0 Å². The summed E-state index contributed by atoms with van der Waals surface area (Å²) in [4.78, 5) is 0. The highest BCUT2D eigenvalue weighted by molar-refractivity contribution is 7.99. The third-order valence-corrected chi connectivity index (χ3v) is 1.66. The molecular weight excluding hydrogens is 147 g/mol. The lowest BCUT2D eigenvalue weighted by Gasteiger charge is -1.95. The topological polar surface area (TPSA) is 0 Å². The molecule has 1 aromatic carbocycles. The molecule has 0 nitrogen and oxygen atoms in total. The molecule has 0 bridgehead atoms. The van der Waals surface area contributed by atoms with Gasteiger partial charge in [0.1, 0.15) is 5.82 Å². The van der Waals surface area contributed by atoms with Gasteiger partial charge in [-0.1, -0.05) is 12.1 Å². The van der Waals surface area contributed by atoms with Crippen LogP contribution in [0.15, 0.2) is 24.3 Å². The number of thioether (sulfide) groups is 1. The summed E-state index contributed by atoms with van der Waals surface area (Å²) >= 11 is 1.24. The predicted octanol–water partition coefficient (Wildman–Crippen LogP) is 2.73. The van der Waals surface area contributed by atoms with Crippen LogP contribution in [0.3, 0.4) is 0 Å². The van der Waals surface area contributed by atoms with Crippen molar-refractivity contribution in [3.8, 4) is 0 Å². The first-order valence-electron chi connectivity index (χ1n) is 2.89. The summed E-state index contributed by atoms with van der Waals surface area (Å²) in [6, 6.07) is 6.33. The Bertz CT molecular complexity index is 193. The first-order valence-corrected chi connectivity index (χ1v) is 3.94. The van der Waals surface area contributed by atoms with Gasteiger partial charge in [0.25, 0.3) is 0 Å². The predicted molar refractivity (Wildman–Crippen MR) is 42.0 cm³/mol. The molecule has 2 radical (unpaired) electrons. The maximum Gasteiger partial charge on any atom is 0.123 e. The molecule has 0 N–H and O–H groups in total. The average molecular weight is 154 g/mol. The number of hydrogen-bond acceptors (Lipinski definition) is 1. The SMILES string of the molecule is [CH]SCc1ccc(F)cc1. The largest absolute Gasteiger partial charge is 0.207 e. The Morgan fingerprint density at radius 1 is 1.30 bits per heavy atom. The van der Waals surface area contributed by atoms with Crippen molar-refractivity contribution in [3.05, 3.63) is 41.9 Å². The molecule has 0 spiro atoms. The first kappa shape index (κ1) is 7.61. The van der Waals surface area contributed by atoms with Crippen LogP contribution in [-0.2, 0) is 5.75 Å². The summed E-state index contributed by atoms with van der Waals surface area (Å²) in [6.45, 7) is 0. The van der Waals surface area contributed by atoms with Crippen LogP contribution in [0, 0.1) is 12.1 Å². The Kier molecular flexibility index (Phi) is 2.75. The molecule has 0 fully saturated rings. The highest BCUT2D eigenvalue weighted by Crippen LogP contribution is 2.10. The van der Waals surface area contributed by atoms with Crippen molar-refractivity contribution < 1.29 is 4.39 Å². The molecule has 0 unspecified atom stereocenters. The van der Waals surface area contributed by atoms with Crippen molar-refractivity contribution in [2.24, 2.45) is 0 Å². The zero-order valence-electron chi connectivity index (χ0n) is 5.38. The lowest BCUT2D eigenvalue weighted by atomic mass is 10.2. The normalized spacial score (nSPS) is 9.80. The van der Waals surface area contributed by atoms with Crippen LogP contribution in [0.25, 0.3) is 0 Å². The van der Waals surface area contributed by atoms with Gasteiger partial charge < -0.3 is 0 Å². The van der Waals surface area contributed by atoms with Crippen molar-refractivity contribution in [2.75, 3.05) is 0 Å². The fourth-order valence-corrected chi connectivity index (χ4v) is 1.06. The fraction of sp³-hybridized carbons (Fsp3) is 0.125. The highest BCUT2D eigenvalue weighted by Gasteiger charge is 1.90. The molecule has 52 valence electrons. The average Bonchev–Trinajstić information content (AvgIpc) is 1.95. The maximum atomic E-state index is 12.3. The van der Waals surface area contributed by atoms with Crippen LogP contribution < -0.4 is 0 Å². The molecule has 1 aromatic rings. The van der Waals surface area contributed by atoms with E-state index >= 15 is 0 Å². The van der Waals surface area contributed by atoms with E-state index < -0.39 is 0 Å². The zero-order chi connectivity index (χ0) is 7.40. The number of rotatable bonds is 2. The minimum absolute atomic E-state index is 0.203. The molecule has 0 saturated heterocycles. The molecule has 1 rings (SSSR count). The second kappa shape index (κ2) is 3.62. The van der Waals surface area contributed by atoms with Crippen LogP contribution >= 0.6 is 11.8 Å². The van der Waals surface area contributed by atoms with Gasteiger partial charge >= 0.3 is 0 Å². The minimum Gasteiger partial charge on any atom is -0.207 e. The molecule has 0 aliphatic carbocycles. The summed E-state index contributed by atoms with van der Waals surface area (Å²) in [5.74, 6) is 0.533. The molecule has 0 saturated carbocycles. The lowest BCUT2D eigenvalue weighted by molar-refractivity contribution is 0.627. The number of halogens is 1. The van der Waals surface area contributed by atoms with Gasteiger partial charge in [0.15, 0.2) is 0 Å². The van der Waals surface area contributed by atoms with Gasteiger partial charge in [-0.05, 0) is 17.7 Å². The van der Waals surface area contributed by atoms with Crippen LogP contribution in [0.5, 0.6) is 0 Å². The molecule has 10 heavy (non-hydrogen) atoms. The Hall–Kier alpha value is -0.500. The maximum absolute atomic E-state index is 12.3. The molecule has 0 atom stereocenters. The van der Waals surface area contributed by atoms with Gasteiger partial charge in [0, 0.05) is 12.0 Å². The Labute approximate surface area is 64.4 Å². The molecule has 2 heteroatoms. The van der Waals surface area contributed by atoms with Gasteiger partial charge in [-0.2, -0.15) is 11.8 Å². The molecule has 0 aliphatic heterocycles. The van der Waals surface area contributed by atoms with Gasteiger partial charge in [-0.15, -0.1) is 0 Å². The van der Waals surface area contributed by atoms with E-state index in [9.17, 15) is 4.39 Å². The van der Waals surface area contributed by atoms with Crippen LogP contribution in [0.4, 0.5) is 4.39 Å². The van der Waals surface area contributed by atoms with E-state index in [1.54, 1.807) is 12.1 Å². The summed E-state index contributed by atoms with van der Waals surface area (Å²) < 4.78 is 12.3. The smallest absolute Gasteiger partial charge is 0.123 e. The summed E-state index contributed by atoms with van der Waals surface area (Å²) in [6.07, 6.45) is 5.22. The summed E-state index contributed by atoms with van der Waals surface area (Å²) in [7, 11) is 0. The molecule has 0 amide bonds. The van der Waals surface area contributed by atoms with Gasteiger partial charge in [0.2, 0.25) is 0 Å².